The minimum atomic E-state index is -0.0210. The number of likely N-dealkylation sites (tertiary alicyclic amines) is 1. The topological polar surface area (TPSA) is 67.3 Å². The molecule has 138 valence electrons. The fourth-order valence-corrected chi connectivity index (χ4v) is 3.07. The van der Waals surface area contributed by atoms with Gasteiger partial charge in [0.15, 0.2) is 0 Å². The number of benzene rings is 1. The fourth-order valence-electron chi connectivity index (χ4n) is 3.07. The summed E-state index contributed by atoms with van der Waals surface area (Å²) in [6.45, 7) is 4.58. The number of hydrogen-bond donors (Lipinski definition) is 1. The molecule has 2 heterocycles. The van der Waals surface area contributed by atoms with Crippen molar-refractivity contribution < 1.29 is 9.53 Å². The summed E-state index contributed by atoms with van der Waals surface area (Å²) in [5.41, 5.74) is 1.61. The average Bonchev–Trinajstić information content (AvgIpc) is 2.69. The summed E-state index contributed by atoms with van der Waals surface area (Å²) < 4.78 is 5.23. The van der Waals surface area contributed by atoms with Crippen molar-refractivity contribution in [2.24, 2.45) is 5.92 Å². The Hall–Kier alpha value is -2.63. The maximum atomic E-state index is 12.5. The van der Waals surface area contributed by atoms with E-state index in [2.05, 4.69) is 28.3 Å². The van der Waals surface area contributed by atoms with Crippen molar-refractivity contribution in [3.63, 3.8) is 0 Å². The van der Waals surface area contributed by atoms with Crippen LogP contribution < -0.4 is 10.1 Å². The Morgan fingerprint density at radius 3 is 2.77 bits per heavy atom. The normalized spacial score (nSPS) is 14.9. The van der Waals surface area contributed by atoms with Crippen molar-refractivity contribution in [2.45, 2.75) is 26.2 Å². The summed E-state index contributed by atoms with van der Waals surface area (Å²) in [6.07, 6.45) is 6.16. The highest BCUT2D eigenvalue weighted by atomic mass is 16.5. The molecular weight excluding hydrogens is 328 g/mol. The first-order valence-electron chi connectivity index (χ1n) is 9.14. The Kier molecular flexibility index (Phi) is 6.04. The van der Waals surface area contributed by atoms with Gasteiger partial charge < -0.3 is 15.0 Å². The molecule has 1 aliphatic heterocycles. The predicted molar refractivity (Wildman–Crippen MR) is 102 cm³/mol. The van der Waals surface area contributed by atoms with Gasteiger partial charge in [0.1, 0.15) is 17.3 Å². The largest absolute Gasteiger partial charge is 0.497 e. The summed E-state index contributed by atoms with van der Waals surface area (Å²) in [5, 5.41) is 3.24. The number of nitrogens with one attached hydrogen (secondary N) is 1. The highest BCUT2D eigenvalue weighted by Gasteiger charge is 2.22. The quantitative estimate of drug-likeness (QED) is 0.864. The van der Waals surface area contributed by atoms with E-state index in [1.165, 1.54) is 5.56 Å². The van der Waals surface area contributed by atoms with Gasteiger partial charge in [0.25, 0.3) is 5.91 Å². The summed E-state index contributed by atoms with van der Waals surface area (Å²) >= 11 is 0. The molecule has 0 radical (unpaired) electrons. The third-order valence-electron chi connectivity index (χ3n) is 4.80. The smallest absolute Gasteiger partial charge is 0.274 e. The van der Waals surface area contributed by atoms with Crippen LogP contribution in [0.25, 0.3) is 0 Å². The van der Waals surface area contributed by atoms with Gasteiger partial charge in [0.05, 0.1) is 19.5 Å². The minimum Gasteiger partial charge on any atom is -0.497 e. The number of ether oxygens (including phenoxy) is 1. The maximum absolute atomic E-state index is 12.5. The highest BCUT2D eigenvalue weighted by Crippen LogP contribution is 2.18. The van der Waals surface area contributed by atoms with E-state index in [1.807, 2.05) is 23.1 Å². The van der Waals surface area contributed by atoms with Gasteiger partial charge in [-0.05, 0) is 42.9 Å². The lowest BCUT2D eigenvalue weighted by molar-refractivity contribution is 0.0691. The zero-order valence-corrected chi connectivity index (χ0v) is 15.4. The van der Waals surface area contributed by atoms with Crippen LogP contribution in [-0.4, -0.2) is 47.5 Å². The third-order valence-corrected chi connectivity index (χ3v) is 4.80. The fraction of sp³-hybridized carbons (Fsp3) is 0.450. The number of hydrogen-bond acceptors (Lipinski definition) is 5. The van der Waals surface area contributed by atoms with Gasteiger partial charge in [-0.2, -0.15) is 0 Å². The second kappa shape index (κ2) is 8.65. The molecule has 2 aromatic rings. The van der Waals surface area contributed by atoms with Crippen molar-refractivity contribution in [3.8, 4) is 5.75 Å². The van der Waals surface area contributed by atoms with E-state index in [-0.39, 0.29) is 5.91 Å². The van der Waals surface area contributed by atoms with Crippen LogP contribution in [-0.2, 0) is 6.42 Å². The molecule has 1 aromatic carbocycles. The molecule has 1 fully saturated rings. The Labute approximate surface area is 154 Å². The molecule has 0 spiro atoms. The average molecular weight is 354 g/mol. The van der Waals surface area contributed by atoms with Gasteiger partial charge in [-0.15, -0.1) is 0 Å². The van der Waals surface area contributed by atoms with E-state index in [9.17, 15) is 4.79 Å². The van der Waals surface area contributed by atoms with Crippen LogP contribution in [0.2, 0.25) is 0 Å². The zero-order chi connectivity index (χ0) is 18.4. The second-order valence-electron chi connectivity index (χ2n) is 6.79. The summed E-state index contributed by atoms with van der Waals surface area (Å²) in [7, 11) is 1.67. The first-order valence-corrected chi connectivity index (χ1v) is 9.14. The molecule has 26 heavy (non-hydrogen) atoms. The van der Waals surface area contributed by atoms with Gasteiger partial charge >= 0.3 is 0 Å². The maximum Gasteiger partial charge on any atom is 0.274 e. The number of carbonyl (C=O) groups excluding carboxylic acids is 1. The van der Waals surface area contributed by atoms with Gasteiger partial charge in [-0.1, -0.05) is 19.1 Å². The molecule has 0 saturated carbocycles. The molecular formula is C20H26N4O2. The Balaban J connectivity index is 1.50. The van der Waals surface area contributed by atoms with Gasteiger partial charge in [0.2, 0.25) is 0 Å². The number of rotatable bonds is 6. The van der Waals surface area contributed by atoms with Gasteiger partial charge in [-0.25, -0.2) is 9.97 Å². The molecule has 0 unspecified atom stereocenters. The number of aromatic nitrogens is 2. The number of anilines is 1. The molecule has 1 aliphatic rings. The van der Waals surface area contributed by atoms with E-state index in [0.29, 0.717) is 17.4 Å². The lowest BCUT2D eigenvalue weighted by Crippen LogP contribution is -2.38. The number of piperidine rings is 1. The van der Waals surface area contributed by atoms with Crippen molar-refractivity contribution in [1.82, 2.24) is 14.9 Å². The molecule has 1 N–H and O–H groups in total. The van der Waals surface area contributed by atoms with Crippen LogP contribution in [0.3, 0.4) is 0 Å². The molecule has 1 saturated heterocycles. The van der Waals surface area contributed by atoms with Crippen LogP contribution >= 0.6 is 0 Å². The monoisotopic (exact) mass is 354 g/mol. The number of nitrogens with zero attached hydrogens (tertiary/aromatic N) is 3. The lowest BCUT2D eigenvalue weighted by atomic mass is 9.99. The SMILES string of the molecule is COc1cccc(CCNc2cnc(C(=O)N3CCC(C)CC3)cn2)c1. The Morgan fingerprint density at radius 2 is 2.08 bits per heavy atom. The van der Waals surface area contributed by atoms with Crippen molar-refractivity contribution in [1.29, 1.82) is 0 Å². The van der Waals surface area contributed by atoms with E-state index in [0.717, 1.165) is 44.6 Å². The first kappa shape index (κ1) is 18.2. The zero-order valence-electron chi connectivity index (χ0n) is 15.4. The minimum absolute atomic E-state index is 0.0210. The number of carbonyl (C=O) groups is 1. The number of methoxy groups -OCH3 is 1. The molecule has 6 nitrogen and oxygen atoms in total. The predicted octanol–water partition coefficient (Wildman–Crippen LogP) is 3.01. The van der Waals surface area contributed by atoms with Crippen LogP contribution in [0.4, 0.5) is 5.82 Å². The molecule has 0 atom stereocenters. The summed E-state index contributed by atoms with van der Waals surface area (Å²) in [4.78, 5) is 23.0. The molecule has 1 amide bonds. The van der Waals surface area contributed by atoms with Crippen molar-refractivity contribution in [3.05, 3.63) is 47.9 Å². The van der Waals surface area contributed by atoms with Crippen LogP contribution in [0.5, 0.6) is 5.75 Å². The third kappa shape index (κ3) is 4.71. The highest BCUT2D eigenvalue weighted by molar-refractivity contribution is 5.92. The van der Waals surface area contributed by atoms with E-state index < -0.39 is 0 Å². The van der Waals surface area contributed by atoms with E-state index in [4.69, 9.17) is 4.74 Å². The summed E-state index contributed by atoms with van der Waals surface area (Å²) in [6, 6.07) is 8.00. The van der Waals surface area contributed by atoms with Crippen LogP contribution in [0.1, 0.15) is 35.8 Å². The molecule has 0 aliphatic carbocycles. The first-order chi connectivity index (χ1) is 12.7. The lowest BCUT2D eigenvalue weighted by Gasteiger charge is -2.29. The second-order valence-corrected chi connectivity index (χ2v) is 6.79. The number of amides is 1. The standard InChI is InChI=1S/C20H26N4O2/c1-15-7-10-24(11-8-15)20(25)18-13-23-19(14-22-18)21-9-6-16-4-3-5-17(12-16)26-2/h3-5,12-15H,6-11H2,1-2H3,(H,21,23). The molecule has 1 aromatic heterocycles. The van der Waals surface area contributed by atoms with Gasteiger partial charge in [0, 0.05) is 19.6 Å². The van der Waals surface area contributed by atoms with E-state index >= 15 is 0 Å². The molecule has 3 rings (SSSR count). The van der Waals surface area contributed by atoms with Crippen LogP contribution in [0, 0.1) is 5.92 Å². The molecule has 0 bridgehead atoms. The Bertz CT molecular complexity index is 725. The van der Waals surface area contributed by atoms with Crippen LogP contribution in [0.15, 0.2) is 36.7 Å². The van der Waals surface area contributed by atoms with Crippen molar-refractivity contribution in [2.75, 3.05) is 32.1 Å². The van der Waals surface area contributed by atoms with Gasteiger partial charge in [-0.3, -0.25) is 4.79 Å². The Morgan fingerprint density at radius 1 is 1.27 bits per heavy atom. The van der Waals surface area contributed by atoms with Crippen molar-refractivity contribution >= 4 is 11.7 Å². The van der Waals surface area contributed by atoms with E-state index in [1.54, 1.807) is 19.5 Å². The summed E-state index contributed by atoms with van der Waals surface area (Å²) in [5.74, 6) is 2.21. The molecule has 6 heteroatoms.